The summed E-state index contributed by atoms with van der Waals surface area (Å²) in [5, 5.41) is 11.5. The number of aliphatic imine (C=N–C) groups is 1. The number of guanidine groups is 1. The molecule has 9 heteroatoms. The van der Waals surface area contributed by atoms with Crippen LogP contribution in [-0.2, 0) is 23.0 Å². The maximum absolute atomic E-state index is 12.9. The van der Waals surface area contributed by atoms with Crippen molar-refractivity contribution in [2.24, 2.45) is 10.1 Å². The third-order valence-electron chi connectivity index (χ3n) is 3.61. The lowest BCUT2D eigenvalue weighted by Gasteiger charge is -2.11. The molecule has 0 saturated heterocycles. The summed E-state index contributed by atoms with van der Waals surface area (Å²) in [6.07, 6.45) is 0.728. The van der Waals surface area contributed by atoms with Crippen molar-refractivity contribution >= 4 is 40.0 Å². The first-order chi connectivity index (χ1) is 12.4. The molecule has 0 aliphatic carbocycles. The van der Waals surface area contributed by atoms with Gasteiger partial charge in [-0.1, -0.05) is 24.3 Å². The fourth-order valence-corrected chi connectivity index (χ4v) is 2.89. The number of hydrogen-bond donors (Lipinski definition) is 3. The quantitative estimate of drug-likeness (QED) is 0.305. The second-order valence-electron chi connectivity index (χ2n) is 5.69. The van der Waals surface area contributed by atoms with Gasteiger partial charge < -0.3 is 10.6 Å². The van der Waals surface area contributed by atoms with E-state index in [1.807, 2.05) is 6.92 Å². The van der Waals surface area contributed by atoms with Crippen LogP contribution in [0, 0.1) is 5.82 Å². The van der Waals surface area contributed by atoms with Crippen LogP contribution in [-0.4, -0.2) is 27.5 Å². The normalized spacial score (nSPS) is 11.6. The Balaban J connectivity index is 0.00000364. The molecule has 0 bridgehead atoms. The first-order valence-electron chi connectivity index (χ1n) is 8.27. The number of primary sulfonamides is 1. The molecule has 2 rings (SSSR count). The molecule has 0 spiro atoms. The minimum absolute atomic E-state index is 0. The van der Waals surface area contributed by atoms with Crippen molar-refractivity contribution in [1.82, 2.24) is 10.6 Å². The highest BCUT2D eigenvalue weighted by molar-refractivity contribution is 14.0. The van der Waals surface area contributed by atoms with Gasteiger partial charge in [0.05, 0.1) is 11.4 Å². The largest absolute Gasteiger partial charge is 0.357 e. The van der Waals surface area contributed by atoms with E-state index in [4.69, 9.17) is 5.14 Å². The molecule has 0 heterocycles. The molecule has 148 valence electrons. The van der Waals surface area contributed by atoms with E-state index in [9.17, 15) is 12.8 Å². The van der Waals surface area contributed by atoms with Gasteiger partial charge in [0.1, 0.15) is 5.82 Å². The molecule has 0 aliphatic rings. The summed E-state index contributed by atoms with van der Waals surface area (Å²) in [7, 11) is -3.73. The van der Waals surface area contributed by atoms with Crippen molar-refractivity contribution in [3.05, 3.63) is 65.5 Å². The highest BCUT2D eigenvalue weighted by atomic mass is 127. The fraction of sp³-hybridized carbons (Fsp3) is 0.278. The topological polar surface area (TPSA) is 96.6 Å². The van der Waals surface area contributed by atoms with Gasteiger partial charge in [-0.3, -0.25) is 0 Å². The first-order valence-corrected chi connectivity index (χ1v) is 9.81. The third-order valence-corrected chi connectivity index (χ3v) is 4.52. The molecule has 2 aromatic rings. The summed E-state index contributed by atoms with van der Waals surface area (Å²) in [4.78, 5) is 4.52. The number of nitrogens with one attached hydrogen (secondary N) is 2. The maximum atomic E-state index is 12.9. The number of halogens is 2. The van der Waals surface area contributed by atoms with E-state index >= 15 is 0 Å². The maximum Gasteiger partial charge on any atom is 0.238 e. The SMILES string of the molecule is CCNC(=NCc1cccc(S(N)(=O)=O)c1)NCCc1ccc(F)cc1.I. The van der Waals surface area contributed by atoms with Crippen molar-refractivity contribution in [1.29, 1.82) is 0 Å². The number of rotatable bonds is 7. The van der Waals surface area contributed by atoms with E-state index in [0.29, 0.717) is 25.6 Å². The summed E-state index contributed by atoms with van der Waals surface area (Å²) in [5.41, 5.74) is 1.77. The lowest BCUT2D eigenvalue weighted by Crippen LogP contribution is -2.38. The Morgan fingerprint density at radius 2 is 1.81 bits per heavy atom. The Morgan fingerprint density at radius 3 is 2.44 bits per heavy atom. The van der Waals surface area contributed by atoms with Crippen molar-refractivity contribution in [3.63, 3.8) is 0 Å². The highest BCUT2D eigenvalue weighted by Crippen LogP contribution is 2.10. The third kappa shape index (κ3) is 8.22. The summed E-state index contributed by atoms with van der Waals surface area (Å²) in [5.74, 6) is 0.369. The van der Waals surface area contributed by atoms with Gasteiger partial charge in [0.2, 0.25) is 10.0 Å². The average molecular weight is 506 g/mol. The summed E-state index contributed by atoms with van der Waals surface area (Å²) >= 11 is 0. The van der Waals surface area contributed by atoms with Gasteiger partial charge in [-0.05, 0) is 48.7 Å². The van der Waals surface area contributed by atoms with Crippen molar-refractivity contribution < 1.29 is 12.8 Å². The molecule has 27 heavy (non-hydrogen) atoms. The molecule has 0 radical (unpaired) electrons. The van der Waals surface area contributed by atoms with Gasteiger partial charge in [0.15, 0.2) is 5.96 Å². The minimum Gasteiger partial charge on any atom is -0.357 e. The fourth-order valence-electron chi connectivity index (χ4n) is 2.31. The van der Waals surface area contributed by atoms with Gasteiger partial charge >= 0.3 is 0 Å². The molecule has 0 aliphatic heterocycles. The standard InChI is InChI=1S/C18H23FN4O2S.HI/c1-2-21-18(22-11-10-14-6-8-16(19)9-7-14)23-13-15-4-3-5-17(12-15)26(20,24)25;/h3-9,12H,2,10-11,13H2,1H3,(H2,20,24,25)(H2,21,22,23);1H. The van der Waals surface area contributed by atoms with E-state index in [-0.39, 0.29) is 34.7 Å². The Bertz CT molecular complexity index is 858. The molecule has 6 nitrogen and oxygen atoms in total. The van der Waals surface area contributed by atoms with E-state index in [1.165, 1.54) is 24.3 Å². The number of nitrogens with zero attached hydrogens (tertiary/aromatic N) is 1. The van der Waals surface area contributed by atoms with Crippen molar-refractivity contribution in [2.45, 2.75) is 24.8 Å². The van der Waals surface area contributed by atoms with Gasteiger partial charge in [0, 0.05) is 13.1 Å². The minimum atomic E-state index is -3.73. The molecular weight excluding hydrogens is 482 g/mol. The summed E-state index contributed by atoms with van der Waals surface area (Å²) < 4.78 is 35.7. The Labute approximate surface area is 176 Å². The van der Waals surface area contributed by atoms with E-state index in [2.05, 4.69) is 15.6 Å². The second kappa shape index (κ2) is 11.2. The molecule has 0 saturated carbocycles. The van der Waals surface area contributed by atoms with Crippen LogP contribution in [0.4, 0.5) is 4.39 Å². The molecule has 4 N–H and O–H groups in total. The Hall–Kier alpha value is -1.72. The van der Waals surface area contributed by atoms with Crippen LogP contribution in [0.15, 0.2) is 58.4 Å². The summed E-state index contributed by atoms with van der Waals surface area (Å²) in [6, 6.07) is 12.8. The van der Waals surface area contributed by atoms with E-state index in [0.717, 1.165) is 17.5 Å². The van der Waals surface area contributed by atoms with E-state index < -0.39 is 10.0 Å². The number of hydrogen-bond acceptors (Lipinski definition) is 3. The van der Waals surface area contributed by atoms with Crippen LogP contribution >= 0.6 is 24.0 Å². The van der Waals surface area contributed by atoms with Crippen LogP contribution in [0.3, 0.4) is 0 Å². The smallest absolute Gasteiger partial charge is 0.238 e. The van der Waals surface area contributed by atoms with Gasteiger partial charge in [-0.25, -0.2) is 22.9 Å². The lowest BCUT2D eigenvalue weighted by molar-refractivity contribution is 0.597. The Kier molecular flexibility index (Phi) is 9.67. The van der Waals surface area contributed by atoms with Gasteiger partial charge in [-0.15, -0.1) is 24.0 Å². The van der Waals surface area contributed by atoms with Crippen molar-refractivity contribution in [3.8, 4) is 0 Å². The van der Waals surface area contributed by atoms with Gasteiger partial charge in [0.25, 0.3) is 0 Å². The van der Waals surface area contributed by atoms with Crippen LogP contribution < -0.4 is 15.8 Å². The van der Waals surface area contributed by atoms with Crippen LogP contribution in [0.5, 0.6) is 0 Å². The molecule has 0 aromatic heterocycles. The molecule has 0 fully saturated rings. The Morgan fingerprint density at radius 1 is 1.11 bits per heavy atom. The van der Waals surface area contributed by atoms with Gasteiger partial charge in [-0.2, -0.15) is 0 Å². The zero-order valence-electron chi connectivity index (χ0n) is 15.0. The highest BCUT2D eigenvalue weighted by Gasteiger charge is 2.07. The molecule has 0 unspecified atom stereocenters. The monoisotopic (exact) mass is 506 g/mol. The molecule has 0 atom stereocenters. The molecular formula is C18H24FIN4O2S. The number of nitrogens with two attached hydrogens (primary N) is 1. The molecule has 0 amide bonds. The average Bonchev–Trinajstić information content (AvgIpc) is 2.61. The number of sulfonamides is 1. The van der Waals surface area contributed by atoms with Crippen LogP contribution in [0.2, 0.25) is 0 Å². The molecule has 2 aromatic carbocycles. The zero-order valence-corrected chi connectivity index (χ0v) is 18.1. The first kappa shape index (κ1) is 23.3. The predicted octanol–water partition coefficient (Wildman–Crippen LogP) is 2.39. The summed E-state index contributed by atoms with van der Waals surface area (Å²) in [6.45, 7) is 3.60. The predicted molar refractivity (Wildman–Crippen MR) is 116 cm³/mol. The van der Waals surface area contributed by atoms with E-state index in [1.54, 1.807) is 24.3 Å². The number of benzene rings is 2. The second-order valence-corrected chi connectivity index (χ2v) is 7.25. The zero-order chi connectivity index (χ0) is 19.0. The lowest BCUT2D eigenvalue weighted by atomic mass is 10.1. The van der Waals surface area contributed by atoms with Crippen LogP contribution in [0.1, 0.15) is 18.1 Å². The van der Waals surface area contributed by atoms with Crippen molar-refractivity contribution in [2.75, 3.05) is 13.1 Å². The van der Waals surface area contributed by atoms with Crippen LogP contribution in [0.25, 0.3) is 0 Å².